The van der Waals surface area contributed by atoms with E-state index in [0.29, 0.717) is 43.1 Å². The quantitative estimate of drug-likeness (QED) is 0.479. The predicted molar refractivity (Wildman–Crippen MR) is 94.8 cm³/mol. The van der Waals surface area contributed by atoms with Crippen LogP contribution >= 0.6 is 46.6 Å². The van der Waals surface area contributed by atoms with Gasteiger partial charge in [0.1, 0.15) is 11.5 Å². The Hall–Kier alpha value is -1.47. The van der Waals surface area contributed by atoms with E-state index in [1.54, 1.807) is 24.3 Å². The van der Waals surface area contributed by atoms with Crippen LogP contribution in [0.2, 0.25) is 15.1 Å². The second kappa shape index (κ2) is 6.97. The molecule has 9 heteroatoms. The van der Waals surface area contributed by atoms with Crippen LogP contribution in [0.15, 0.2) is 38.9 Å². The topological polar surface area (TPSA) is 67.0 Å². The molecular formula is C14H8Cl3N3O2S. The van der Waals surface area contributed by atoms with Crippen molar-refractivity contribution in [3.05, 3.63) is 45.1 Å². The molecule has 0 radical (unpaired) electrons. The number of amides is 1. The molecule has 118 valence electrons. The highest BCUT2D eigenvalue weighted by Gasteiger charge is 2.16. The van der Waals surface area contributed by atoms with Gasteiger partial charge in [-0.2, -0.15) is 5.10 Å². The molecule has 5 nitrogen and oxygen atoms in total. The minimum Gasteiger partial charge on any atom is -0.455 e. The number of furan rings is 1. The van der Waals surface area contributed by atoms with Gasteiger partial charge in [-0.25, -0.2) is 0 Å². The number of benzene rings is 1. The second-order valence-electron chi connectivity index (χ2n) is 4.43. The van der Waals surface area contributed by atoms with E-state index in [2.05, 4.69) is 15.5 Å². The Morgan fingerprint density at radius 2 is 1.96 bits per heavy atom. The zero-order chi connectivity index (χ0) is 16.4. The highest BCUT2D eigenvalue weighted by atomic mass is 35.5. The van der Waals surface area contributed by atoms with Crippen LogP contribution in [-0.4, -0.2) is 23.0 Å². The third kappa shape index (κ3) is 3.90. The van der Waals surface area contributed by atoms with Crippen molar-refractivity contribution in [1.29, 1.82) is 0 Å². The Morgan fingerprint density at radius 3 is 2.70 bits per heavy atom. The summed E-state index contributed by atoms with van der Waals surface area (Å²) in [6, 6.07) is 6.66. The molecular weight excluding hydrogens is 381 g/mol. The summed E-state index contributed by atoms with van der Waals surface area (Å²) in [6.45, 7) is 0. The molecule has 1 saturated heterocycles. The van der Waals surface area contributed by atoms with Crippen molar-refractivity contribution in [3.63, 3.8) is 0 Å². The van der Waals surface area contributed by atoms with Crippen molar-refractivity contribution in [1.82, 2.24) is 5.32 Å². The highest BCUT2D eigenvalue weighted by Crippen LogP contribution is 2.35. The van der Waals surface area contributed by atoms with E-state index in [0.717, 1.165) is 0 Å². The lowest BCUT2D eigenvalue weighted by Gasteiger charge is -2.03. The fourth-order valence-electron chi connectivity index (χ4n) is 1.80. The third-order valence-corrected chi connectivity index (χ3v) is 4.72. The molecule has 1 aromatic heterocycles. The fourth-order valence-corrected chi connectivity index (χ4v) is 3.07. The molecule has 1 aromatic carbocycles. The molecule has 0 spiro atoms. The average Bonchev–Trinajstić information content (AvgIpc) is 3.12. The van der Waals surface area contributed by atoms with Crippen molar-refractivity contribution in [2.24, 2.45) is 10.2 Å². The van der Waals surface area contributed by atoms with Crippen LogP contribution in [0.1, 0.15) is 5.76 Å². The molecule has 0 bridgehead atoms. The molecule has 2 heterocycles. The largest absolute Gasteiger partial charge is 0.455 e. The smallest absolute Gasteiger partial charge is 0.236 e. The maximum atomic E-state index is 11.0. The molecule has 1 aliphatic heterocycles. The third-order valence-electron chi connectivity index (χ3n) is 2.82. The van der Waals surface area contributed by atoms with E-state index in [1.807, 2.05) is 0 Å². The van der Waals surface area contributed by atoms with Crippen molar-refractivity contribution >= 4 is 63.9 Å². The molecule has 1 fully saturated rings. The number of hydrogen-bond donors (Lipinski definition) is 1. The monoisotopic (exact) mass is 387 g/mol. The molecule has 1 amide bonds. The van der Waals surface area contributed by atoms with Gasteiger partial charge in [-0.1, -0.05) is 46.6 Å². The Bertz CT molecular complexity index is 833. The summed E-state index contributed by atoms with van der Waals surface area (Å²) in [5.41, 5.74) is 0.630. The SMILES string of the molecule is O=C1CS/C(=N\N=C\c2ccc(-c3cc(Cl)c(Cl)cc3Cl)o2)N1. The van der Waals surface area contributed by atoms with Crippen LogP contribution in [0.25, 0.3) is 11.3 Å². The predicted octanol–water partition coefficient (Wildman–Crippen LogP) is 4.46. The summed E-state index contributed by atoms with van der Waals surface area (Å²) in [5.74, 6) is 1.29. The van der Waals surface area contributed by atoms with Crippen LogP contribution in [0.3, 0.4) is 0 Å². The maximum Gasteiger partial charge on any atom is 0.236 e. The van der Waals surface area contributed by atoms with Gasteiger partial charge < -0.3 is 9.73 Å². The number of amidine groups is 1. The Labute approximate surface area is 150 Å². The van der Waals surface area contributed by atoms with E-state index in [9.17, 15) is 4.79 Å². The lowest BCUT2D eigenvalue weighted by Crippen LogP contribution is -2.19. The number of hydrogen-bond acceptors (Lipinski definition) is 5. The van der Waals surface area contributed by atoms with E-state index >= 15 is 0 Å². The van der Waals surface area contributed by atoms with Gasteiger partial charge in [-0.15, -0.1) is 5.10 Å². The normalized spacial score (nSPS) is 16.5. The Kier molecular flexibility index (Phi) is 4.96. The van der Waals surface area contributed by atoms with E-state index < -0.39 is 0 Å². The van der Waals surface area contributed by atoms with Gasteiger partial charge in [0.05, 0.1) is 27.0 Å². The first-order valence-electron chi connectivity index (χ1n) is 6.31. The maximum absolute atomic E-state index is 11.0. The number of thioether (sulfide) groups is 1. The van der Waals surface area contributed by atoms with Crippen LogP contribution in [-0.2, 0) is 4.79 Å². The minimum absolute atomic E-state index is 0.0847. The number of carbonyl (C=O) groups excluding carboxylic acids is 1. The zero-order valence-electron chi connectivity index (χ0n) is 11.3. The lowest BCUT2D eigenvalue weighted by molar-refractivity contribution is -0.116. The number of nitrogens with zero attached hydrogens (tertiary/aromatic N) is 2. The van der Waals surface area contributed by atoms with Gasteiger partial charge in [0, 0.05) is 5.56 Å². The van der Waals surface area contributed by atoms with E-state index in [4.69, 9.17) is 39.2 Å². The molecule has 2 aromatic rings. The number of nitrogens with one attached hydrogen (secondary N) is 1. The summed E-state index contributed by atoms with van der Waals surface area (Å²) >= 11 is 19.3. The molecule has 1 N–H and O–H groups in total. The van der Waals surface area contributed by atoms with Gasteiger partial charge in [0.15, 0.2) is 5.17 Å². The fraction of sp³-hybridized carbons (Fsp3) is 0.0714. The first kappa shape index (κ1) is 16.4. The molecule has 0 aliphatic carbocycles. The van der Waals surface area contributed by atoms with E-state index in [-0.39, 0.29) is 5.91 Å². The van der Waals surface area contributed by atoms with Crippen molar-refractivity contribution in [2.45, 2.75) is 0 Å². The van der Waals surface area contributed by atoms with Gasteiger partial charge in [0.25, 0.3) is 0 Å². The average molecular weight is 389 g/mol. The van der Waals surface area contributed by atoms with Gasteiger partial charge in [0.2, 0.25) is 5.91 Å². The highest BCUT2D eigenvalue weighted by molar-refractivity contribution is 8.15. The molecule has 0 atom stereocenters. The van der Waals surface area contributed by atoms with Gasteiger partial charge in [-0.05, 0) is 24.3 Å². The van der Waals surface area contributed by atoms with E-state index in [1.165, 1.54) is 18.0 Å². The van der Waals surface area contributed by atoms with Gasteiger partial charge >= 0.3 is 0 Å². The summed E-state index contributed by atoms with van der Waals surface area (Å²) in [4.78, 5) is 11.0. The summed E-state index contributed by atoms with van der Waals surface area (Å²) in [6.07, 6.45) is 1.44. The molecule has 3 rings (SSSR count). The number of rotatable bonds is 3. The van der Waals surface area contributed by atoms with Gasteiger partial charge in [-0.3, -0.25) is 4.79 Å². The minimum atomic E-state index is -0.0847. The lowest BCUT2D eigenvalue weighted by atomic mass is 10.2. The summed E-state index contributed by atoms with van der Waals surface area (Å²) in [7, 11) is 0. The Morgan fingerprint density at radius 1 is 1.17 bits per heavy atom. The first-order chi connectivity index (χ1) is 11.0. The zero-order valence-corrected chi connectivity index (χ0v) is 14.4. The van der Waals surface area contributed by atoms with Crippen molar-refractivity contribution in [2.75, 3.05) is 5.75 Å². The molecule has 0 unspecified atom stereocenters. The Balaban J connectivity index is 1.78. The number of carbonyl (C=O) groups is 1. The van der Waals surface area contributed by atoms with Crippen LogP contribution in [0, 0.1) is 0 Å². The second-order valence-corrected chi connectivity index (χ2v) is 6.62. The number of halogens is 3. The molecule has 1 aliphatic rings. The summed E-state index contributed by atoms with van der Waals surface area (Å²) < 4.78 is 5.63. The first-order valence-corrected chi connectivity index (χ1v) is 8.43. The van der Waals surface area contributed by atoms with Crippen LogP contribution in [0.5, 0.6) is 0 Å². The molecule has 23 heavy (non-hydrogen) atoms. The van der Waals surface area contributed by atoms with Crippen LogP contribution < -0.4 is 5.32 Å². The van der Waals surface area contributed by atoms with Crippen LogP contribution in [0.4, 0.5) is 0 Å². The standard InChI is InChI=1S/C14H8Cl3N3O2S/c15-9-4-11(17)10(16)3-8(9)12-2-1-7(22-12)5-18-20-14-19-13(21)6-23-14/h1-5H,6H2,(H,19,20,21)/b18-5+. The van der Waals surface area contributed by atoms with Crippen molar-refractivity contribution < 1.29 is 9.21 Å². The summed E-state index contributed by atoms with van der Waals surface area (Å²) in [5, 5.41) is 12.0. The molecule has 0 saturated carbocycles. The van der Waals surface area contributed by atoms with Crippen molar-refractivity contribution in [3.8, 4) is 11.3 Å².